The summed E-state index contributed by atoms with van der Waals surface area (Å²) >= 11 is 0. The fourth-order valence-corrected chi connectivity index (χ4v) is 6.52. The van der Waals surface area contributed by atoms with Gasteiger partial charge in [0.25, 0.3) is 0 Å². The quantitative estimate of drug-likeness (QED) is 0.424. The van der Waals surface area contributed by atoms with Gasteiger partial charge in [-0.05, 0) is 88.1 Å². The lowest BCUT2D eigenvalue weighted by molar-refractivity contribution is 0.0631. The molecule has 2 unspecified atom stereocenters. The predicted molar refractivity (Wildman–Crippen MR) is 135 cm³/mol. The van der Waals surface area contributed by atoms with Crippen molar-refractivity contribution in [3.63, 3.8) is 0 Å². The lowest BCUT2D eigenvalue weighted by Crippen LogP contribution is -2.36. The number of aliphatic hydroxyl groups excluding tert-OH is 1. The zero-order valence-electron chi connectivity index (χ0n) is 20.8. The van der Waals surface area contributed by atoms with Gasteiger partial charge in [0.15, 0.2) is 5.78 Å². The standard InChI is InChI=1S/C29H37N3O3/c1-20-26(29(34)19-31-24-10-11-27(31)28(33)17-24)16-25(5-3-2-4-21-12-14-35-15-13-21)32(20)23-8-6-22(18-30)7-9-23/h6-9,16,21,24,27-28,33H,2-5,10-15,17,19H2,1H3/t24?,27?,28-/m0/s1. The first kappa shape index (κ1) is 24.2. The van der Waals surface area contributed by atoms with Crippen molar-refractivity contribution >= 4 is 5.78 Å². The summed E-state index contributed by atoms with van der Waals surface area (Å²) in [6.45, 7) is 4.21. The Morgan fingerprint density at radius 2 is 1.91 bits per heavy atom. The zero-order chi connectivity index (χ0) is 24.4. The number of aryl methyl sites for hydroxylation is 1. The second-order valence-electron chi connectivity index (χ2n) is 10.6. The molecule has 4 heterocycles. The molecule has 5 rings (SSSR count). The molecule has 35 heavy (non-hydrogen) atoms. The topological polar surface area (TPSA) is 78.5 Å². The number of ketones is 1. The fraction of sp³-hybridized carbons (Fsp3) is 0.586. The van der Waals surface area contributed by atoms with Crippen molar-refractivity contribution in [2.75, 3.05) is 19.8 Å². The minimum absolute atomic E-state index is 0.134. The van der Waals surface area contributed by atoms with Crippen molar-refractivity contribution in [2.45, 2.75) is 82.9 Å². The van der Waals surface area contributed by atoms with Crippen LogP contribution >= 0.6 is 0 Å². The summed E-state index contributed by atoms with van der Waals surface area (Å²) in [4.78, 5) is 15.7. The predicted octanol–water partition coefficient (Wildman–Crippen LogP) is 4.58. The highest BCUT2D eigenvalue weighted by Crippen LogP contribution is 2.38. The van der Waals surface area contributed by atoms with Gasteiger partial charge >= 0.3 is 0 Å². The van der Waals surface area contributed by atoms with Gasteiger partial charge in [-0.25, -0.2) is 0 Å². The van der Waals surface area contributed by atoms with Crippen LogP contribution in [0.15, 0.2) is 30.3 Å². The maximum atomic E-state index is 13.5. The van der Waals surface area contributed by atoms with Gasteiger partial charge in [-0.15, -0.1) is 0 Å². The number of aliphatic hydroxyl groups is 1. The lowest BCUT2D eigenvalue weighted by Gasteiger charge is -2.21. The van der Waals surface area contributed by atoms with E-state index >= 15 is 0 Å². The minimum Gasteiger partial charge on any atom is -0.391 e. The van der Waals surface area contributed by atoms with Gasteiger partial charge in [0.2, 0.25) is 0 Å². The van der Waals surface area contributed by atoms with E-state index in [0.717, 1.165) is 73.9 Å². The number of aromatic nitrogens is 1. The van der Waals surface area contributed by atoms with Gasteiger partial charge in [0.1, 0.15) is 0 Å². The zero-order valence-corrected chi connectivity index (χ0v) is 20.8. The van der Waals surface area contributed by atoms with Crippen LogP contribution in [0.2, 0.25) is 0 Å². The third-order valence-corrected chi connectivity index (χ3v) is 8.49. The van der Waals surface area contributed by atoms with Crippen molar-refractivity contribution in [1.29, 1.82) is 5.26 Å². The van der Waals surface area contributed by atoms with E-state index in [4.69, 9.17) is 4.74 Å². The van der Waals surface area contributed by atoms with Gasteiger partial charge in [-0.3, -0.25) is 9.69 Å². The molecule has 3 saturated heterocycles. The molecule has 2 bridgehead atoms. The molecule has 0 saturated carbocycles. The average molecular weight is 476 g/mol. The highest BCUT2D eigenvalue weighted by Gasteiger charge is 2.46. The molecule has 6 nitrogen and oxygen atoms in total. The molecule has 0 aliphatic carbocycles. The van der Waals surface area contributed by atoms with Crippen LogP contribution in [0.25, 0.3) is 5.69 Å². The number of fused-ring (bicyclic) bond motifs is 2. The molecule has 1 aromatic heterocycles. The Labute approximate surface area is 208 Å². The monoisotopic (exact) mass is 475 g/mol. The van der Waals surface area contributed by atoms with E-state index in [1.165, 1.54) is 25.7 Å². The number of carbonyl (C=O) groups is 1. The van der Waals surface area contributed by atoms with Gasteiger partial charge in [0, 0.05) is 47.9 Å². The number of carbonyl (C=O) groups excluding carboxylic acids is 1. The molecule has 3 aliphatic heterocycles. The Hall–Kier alpha value is -2.46. The molecular formula is C29H37N3O3. The number of unbranched alkanes of at least 4 members (excludes halogenated alkanes) is 1. The maximum Gasteiger partial charge on any atom is 0.178 e. The van der Waals surface area contributed by atoms with Crippen molar-refractivity contribution in [3.8, 4) is 11.8 Å². The number of rotatable bonds is 9. The summed E-state index contributed by atoms with van der Waals surface area (Å²) in [5.74, 6) is 0.920. The van der Waals surface area contributed by atoms with Crippen LogP contribution in [0.4, 0.5) is 0 Å². The summed E-state index contributed by atoms with van der Waals surface area (Å²) in [6, 6.07) is 12.4. The Morgan fingerprint density at radius 1 is 1.14 bits per heavy atom. The van der Waals surface area contributed by atoms with Crippen LogP contribution < -0.4 is 0 Å². The molecule has 186 valence electrons. The van der Waals surface area contributed by atoms with Gasteiger partial charge in [0.05, 0.1) is 24.3 Å². The molecule has 0 amide bonds. The van der Waals surface area contributed by atoms with E-state index in [0.29, 0.717) is 18.2 Å². The second kappa shape index (κ2) is 10.7. The van der Waals surface area contributed by atoms with Crippen molar-refractivity contribution in [1.82, 2.24) is 9.47 Å². The van der Waals surface area contributed by atoms with Gasteiger partial charge in [-0.1, -0.05) is 12.8 Å². The van der Waals surface area contributed by atoms with E-state index in [-0.39, 0.29) is 17.9 Å². The maximum absolute atomic E-state index is 13.5. The molecule has 3 atom stereocenters. The Morgan fingerprint density at radius 3 is 2.57 bits per heavy atom. The number of Topliss-reactive ketones (excluding diaryl/α,β-unsaturated/α-hetero) is 1. The van der Waals surface area contributed by atoms with Crippen LogP contribution in [-0.2, 0) is 11.2 Å². The fourth-order valence-electron chi connectivity index (χ4n) is 6.52. The first-order valence-electron chi connectivity index (χ1n) is 13.3. The highest BCUT2D eigenvalue weighted by atomic mass is 16.5. The molecule has 0 spiro atoms. The molecule has 1 aromatic carbocycles. The first-order chi connectivity index (χ1) is 17.0. The van der Waals surface area contributed by atoms with Crippen LogP contribution in [-0.4, -0.2) is 58.3 Å². The van der Waals surface area contributed by atoms with Crippen LogP contribution in [0, 0.1) is 24.2 Å². The van der Waals surface area contributed by atoms with E-state index in [1.807, 2.05) is 31.2 Å². The highest BCUT2D eigenvalue weighted by molar-refractivity contribution is 5.99. The minimum atomic E-state index is -0.294. The Balaban J connectivity index is 1.33. The second-order valence-corrected chi connectivity index (χ2v) is 10.6. The normalized spacial score (nSPS) is 24.7. The van der Waals surface area contributed by atoms with Crippen LogP contribution in [0.1, 0.15) is 78.7 Å². The molecule has 1 N–H and O–H groups in total. The van der Waals surface area contributed by atoms with E-state index < -0.39 is 0 Å². The Bertz CT molecular complexity index is 1080. The van der Waals surface area contributed by atoms with Gasteiger partial charge in [-0.2, -0.15) is 5.26 Å². The Kier molecular flexibility index (Phi) is 7.38. The summed E-state index contributed by atoms with van der Waals surface area (Å²) in [5, 5.41) is 19.5. The third-order valence-electron chi connectivity index (χ3n) is 8.49. The van der Waals surface area contributed by atoms with Crippen LogP contribution in [0.3, 0.4) is 0 Å². The number of nitriles is 1. The molecular weight excluding hydrogens is 438 g/mol. The largest absolute Gasteiger partial charge is 0.391 e. The van der Waals surface area contributed by atoms with E-state index in [2.05, 4.69) is 21.6 Å². The van der Waals surface area contributed by atoms with Crippen molar-refractivity contribution in [2.24, 2.45) is 5.92 Å². The summed E-state index contributed by atoms with van der Waals surface area (Å²) in [5.41, 5.74) is 4.54. The van der Waals surface area contributed by atoms with Crippen molar-refractivity contribution < 1.29 is 14.6 Å². The average Bonchev–Trinajstić information content (AvgIpc) is 3.52. The first-order valence-corrected chi connectivity index (χ1v) is 13.3. The lowest BCUT2D eigenvalue weighted by atomic mass is 9.93. The van der Waals surface area contributed by atoms with Crippen LogP contribution in [0.5, 0.6) is 0 Å². The summed E-state index contributed by atoms with van der Waals surface area (Å²) in [6.07, 6.45) is 9.35. The summed E-state index contributed by atoms with van der Waals surface area (Å²) in [7, 11) is 0. The third kappa shape index (κ3) is 5.09. The number of ether oxygens (including phenoxy) is 1. The number of nitrogens with zero attached hydrogens (tertiary/aromatic N) is 3. The van der Waals surface area contributed by atoms with Crippen molar-refractivity contribution in [3.05, 3.63) is 52.8 Å². The summed E-state index contributed by atoms with van der Waals surface area (Å²) < 4.78 is 7.70. The molecule has 0 radical (unpaired) electrons. The number of hydrogen-bond donors (Lipinski definition) is 1. The number of benzene rings is 1. The molecule has 3 aliphatic rings. The number of hydrogen-bond acceptors (Lipinski definition) is 5. The SMILES string of the molecule is Cc1c(C(=O)CN2C3CCC2[C@@H](O)C3)cc(CCCCC2CCOCC2)n1-c1ccc(C#N)cc1. The van der Waals surface area contributed by atoms with E-state index in [9.17, 15) is 15.2 Å². The smallest absolute Gasteiger partial charge is 0.178 e. The molecule has 2 aromatic rings. The molecule has 3 fully saturated rings. The van der Waals surface area contributed by atoms with E-state index in [1.54, 1.807) is 0 Å². The molecule has 6 heteroatoms. The van der Waals surface area contributed by atoms with Gasteiger partial charge < -0.3 is 14.4 Å².